The van der Waals surface area contributed by atoms with Gasteiger partial charge in [0.05, 0.1) is 4.92 Å². The number of nitro benzene ring substituents is 1. The molecule has 0 aliphatic carbocycles. The Morgan fingerprint density at radius 1 is 1.00 bits per heavy atom. The van der Waals surface area contributed by atoms with Gasteiger partial charge >= 0.3 is 0 Å². The minimum absolute atomic E-state index is 0.135. The molecule has 0 fully saturated rings. The quantitative estimate of drug-likeness (QED) is 0.412. The number of nitro groups is 1. The molecule has 2 aromatic carbocycles. The zero-order valence-electron chi connectivity index (χ0n) is 9.82. The predicted molar refractivity (Wildman–Crippen MR) is 82.0 cm³/mol. The lowest BCUT2D eigenvalue weighted by Gasteiger charge is -2.21. The monoisotopic (exact) mass is 349 g/mol. The van der Waals surface area contributed by atoms with Crippen molar-refractivity contribution in [1.29, 1.82) is 0 Å². The number of hydrogen-bond acceptors (Lipinski definition) is 2. The number of rotatable bonds is 3. The molecule has 0 aromatic heterocycles. The van der Waals surface area contributed by atoms with Crippen LogP contribution in [-0.2, 0) is 4.33 Å². The van der Waals surface area contributed by atoms with Crippen LogP contribution in [0.3, 0.4) is 0 Å². The Morgan fingerprint density at radius 2 is 1.60 bits per heavy atom. The van der Waals surface area contributed by atoms with E-state index in [0.717, 1.165) is 0 Å². The van der Waals surface area contributed by atoms with Crippen molar-refractivity contribution in [3.63, 3.8) is 0 Å². The van der Waals surface area contributed by atoms with Crippen LogP contribution in [0, 0.1) is 10.1 Å². The highest BCUT2D eigenvalue weighted by Gasteiger charge is 2.32. The van der Waals surface area contributed by atoms with Gasteiger partial charge in [-0.25, -0.2) is 0 Å². The van der Waals surface area contributed by atoms with Crippen molar-refractivity contribution in [3.8, 4) is 0 Å². The lowest BCUT2D eigenvalue weighted by molar-refractivity contribution is -0.384. The highest BCUT2D eigenvalue weighted by Crippen LogP contribution is 2.45. The summed E-state index contributed by atoms with van der Waals surface area (Å²) in [6, 6.07) is 10.5. The van der Waals surface area contributed by atoms with Crippen molar-refractivity contribution in [2.24, 2.45) is 0 Å². The molecular weight excluding hydrogens is 344 g/mol. The Bertz CT molecular complexity index is 656. The van der Waals surface area contributed by atoms with E-state index in [9.17, 15) is 10.1 Å². The molecule has 0 saturated carbocycles. The van der Waals surface area contributed by atoms with Crippen LogP contribution in [0.25, 0.3) is 0 Å². The van der Waals surface area contributed by atoms with Gasteiger partial charge in [-0.1, -0.05) is 58.5 Å². The fourth-order valence-electron chi connectivity index (χ4n) is 1.68. The van der Waals surface area contributed by atoms with Crippen molar-refractivity contribution in [3.05, 3.63) is 73.8 Å². The molecule has 0 atom stereocenters. The van der Waals surface area contributed by atoms with E-state index in [1.807, 2.05) is 0 Å². The number of halogens is 4. The minimum atomic E-state index is -1.51. The summed E-state index contributed by atoms with van der Waals surface area (Å²) < 4.78 is -1.51. The van der Waals surface area contributed by atoms with Crippen LogP contribution in [0.5, 0.6) is 0 Å². The Balaban J connectivity index is 2.55. The minimum Gasteiger partial charge on any atom is -0.258 e. The van der Waals surface area contributed by atoms with E-state index in [1.54, 1.807) is 24.3 Å². The number of nitrogens with zero attached hydrogens (tertiary/aromatic N) is 1. The number of non-ortho nitro benzene ring substituents is 1. The number of benzene rings is 2. The maximum absolute atomic E-state index is 10.8. The normalized spacial score (nSPS) is 11.4. The molecule has 2 rings (SSSR count). The molecule has 0 spiro atoms. The van der Waals surface area contributed by atoms with Crippen molar-refractivity contribution in [2.45, 2.75) is 4.33 Å². The summed E-state index contributed by atoms with van der Waals surface area (Å²) in [6.45, 7) is 0. The lowest BCUT2D eigenvalue weighted by atomic mass is 10.0. The van der Waals surface area contributed by atoms with Gasteiger partial charge in [0, 0.05) is 27.7 Å². The van der Waals surface area contributed by atoms with E-state index in [1.165, 1.54) is 18.2 Å². The summed E-state index contributed by atoms with van der Waals surface area (Å²) in [5.74, 6) is 0. The zero-order chi connectivity index (χ0) is 14.9. The van der Waals surface area contributed by atoms with E-state index >= 15 is 0 Å². The molecule has 0 unspecified atom stereocenters. The Hall–Kier alpha value is -1.00. The summed E-state index contributed by atoms with van der Waals surface area (Å²) in [5, 5.41) is 11.6. The Labute approximate surface area is 135 Å². The molecule has 0 aliphatic heterocycles. The molecule has 0 amide bonds. The molecule has 2 aromatic rings. The van der Waals surface area contributed by atoms with E-state index in [4.69, 9.17) is 46.4 Å². The maximum Gasteiger partial charge on any atom is 0.269 e. The van der Waals surface area contributed by atoms with Gasteiger partial charge in [-0.3, -0.25) is 10.1 Å². The smallest absolute Gasteiger partial charge is 0.258 e. The van der Waals surface area contributed by atoms with E-state index in [2.05, 4.69) is 0 Å². The first kappa shape index (κ1) is 15.4. The highest BCUT2D eigenvalue weighted by atomic mass is 35.5. The van der Waals surface area contributed by atoms with Gasteiger partial charge in [-0.05, 0) is 23.8 Å². The molecule has 0 aliphatic rings. The third-order valence-electron chi connectivity index (χ3n) is 2.71. The zero-order valence-corrected chi connectivity index (χ0v) is 12.8. The Kier molecular flexibility index (Phi) is 4.45. The number of hydrogen-bond donors (Lipinski definition) is 0. The van der Waals surface area contributed by atoms with Crippen molar-refractivity contribution in [2.75, 3.05) is 0 Å². The van der Waals surface area contributed by atoms with Gasteiger partial charge < -0.3 is 0 Å². The molecule has 0 N–H and O–H groups in total. The second-order valence-electron chi connectivity index (χ2n) is 4.00. The van der Waals surface area contributed by atoms with Crippen LogP contribution in [0.4, 0.5) is 5.69 Å². The van der Waals surface area contributed by atoms with Crippen LogP contribution in [-0.4, -0.2) is 4.92 Å². The summed E-state index contributed by atoms with van der Waals surface area (Å²) in [4.78, 5) is 10.3. The lowest BCUT2D eigenvalue weighted by Crippen LogP contribution is -2.13. The van der Waals surface area contributed by atoms with Crippen molar-refractivity contribution < 1.29 is 4.92 Å². The summed E-state index contributed by atoms with van der Waals surface area (Å²) in [6.07, 6.45) is 0. The van der Waals surface area contributed by atoms with Crippen molar-refractivity contribution >= 4 is 52.1 Å². The molecule has 20 heavy (non-hydrogen) atoms. The molecule has 104 valence electrons. The molecule has 0 saturated heterocycles. The summed E-state index contributed by atoms with van der Waals surface area (Å²) in [5.41, 5.74) is 0.635. The SMILES string of the molecule is O=[N+]([O-])c1ccc(Cl)c(C(Cl)(Cl)c2ccc(Cl)cc2)c1. The molecule has 0 bridgehead atoms. The fraction of sp³-hybridized carbons (Fsp3) is 0.0769. The van der Waals surface area contributed by atoms with Gasteiger partial charge in [0.15, 0.2) is 4.33 Å². The van der Waals surface area contributed by atoms with Crippen LogP contribution < -0.4 is 0 Å². The summed E-state index contributed by atoms with van der Waals surface area (Å²) in [7, 11) is 0. The number of alkyl halides is 2. The third-order valence-corrected chi connectivity index (χ3v) is 4.13. The largest absolute Gasteiger partial charge is 0.269 e. The standard InChI is InChI=1S/C13H7Cl4NO2/c14-9-3-1-8(2-4-9)13(16,17)11-7-10(18(19)20)5-6-12(11)15/h1-7H. The van der Waals surface area contributed by atoms with Crippen molar-refractivity contribution in [1.82, 2.24) is 0 Å². The first-order valence-electron chi connectivity index (χ1n) is 5.40. The molecule has 7 heteroatoms. The molecular formula is C13H7Cl4NO2. The first-order valence-corrected chi connectivity index (χ1v) is 6.92. The maximum atomic E-state index is 10.8. The van der Waals surface area contributed by atoms with Crippen LogP contribution in [0.15, 0.2) is 42.5 Å². The van der Waals surface area contributed by atoms with Gasteiger partial charge in [0.2, 0.25) is 0 Å². The van der Waals surface area contributed by atoms with E-state index in [-0.39, 0.29) is 16.3 Å². The fourth-order valence-corrected chi connectivity index (χ4v) is 2.73. The highest BCUT2D eigenvalue weighted by molar-refractivity contribution is 6.51. The Morgan fingerprint density at radius 3 is 2.15 bits per heavy atom. The second kappa shape index (κ2) is 5.78. The topological polar surface area (TPSA) is 43.1 Å². The predicted octanol–water partition coefficient (Wildman–Crippen LogP) is 5.58. The van der Waals surface area contributed by atoms with Gasteiger partial charge in [-0.15, -0.1) is 0 Å². The van der Waals surface area contributed by atoms with Gasteiger partial charge in [0.25, 0.3) is 5.69 Å². The molecule has 3 nitrogen and oxygen atoms in total. The van der Waals surface area contributed by atoms with E-state index < -0.39 is 9.26 Å². The first-order chi connectivity index (χ1) is 9.32. The van der Waals surface area contributed by atoms with Crippen LogP contribution in [0.2, 0.25) is 10.0 Å². The van der Waals surface area contributed by atoms with Gasteiger partial charge in [0.1, 0.15) is 0 Å². The third kappa shape index (κ3) is 3.01. The average molecular weight is 351 g/mol. The summed E-state index contributed by atoms with van der Waals surface area (Å²) >= 11 is 24.5. The van der Waals surface area contributed by atoms with E-state index in [0.29, 0.717) is 10.6 Å². The van der Waals surface area contributed by atoms with Crippen LogP contribution >= 0.6 is 46.4 Å². The van der Waals surface area contributed by atoms with Crippen LogP contribution in [0.1, 0.15) is 11.1 Å². The molecule has 0 radical (unpaired) electrons. The second-order valence-corrected chi connectivity index (χ2v) is 6.17. The van der Waals surface area contributed by atoms with Gasteiger partial charge in [-0.2, -0.15) is 0 Å². The molecule has 0 heterocycles. The average Bonchev–Trinajstić information content (AvgIpc) is 2.39.